The second-order valence-electron chi connectivity index (χ2n) is 5.44. The van der Waals surface area contributed by atoms with Gasteiger partial charge in [0.15, 0.2) is 0 Å². The molecule has 110 valence electrons. The van der Waals surface area contributed by atoms with E-state index in [0.29, 0.717) is 23.4 Å². The zero-order valence-electron chi connectivity index (χ0n) is 12.5. The highest BCUT2D eigenvalue weighted by Crippen LogP contribution is 2.38. The molecule has 2 rings (SSSR count). The molecule has 0 saturated carbocycles. The van der Waals surface area contributed by atoms with Gasteiger partial charge in [-0.25, -0.2) is 4.98 Å². The minimum Gasteiger partial charge on any atom is -0.480 e. The molecule has 0 amide bonds. The molecule has 1 heterocycles. The number of hydrogen-bond donors (Lipinski definition) is 1. The van der Waals surface area contributed by atoms with Gasteiger partial charge in [-0.15, -0.1) is 0 Å². The smallest absolute Gasteiger partial charge is 0.241 e. The summed E-state index contributed by atoms with van der Waals surface area (Å²) in [6.45, 7) is 4.27. The lowest BCUT2D eigenvalue weighted by molar-refractivity contribution is 0.0856. The van der Waals surface area contributed by atoms with Crippen LogP contribution >= 0.6 is 0 Å². The number of aliphatic hydroxyl groups is 1. The zero-order chi connectivity index (χ0) is 14.7. The number of hydrogen-bond acceptors (Lipinski definition) is 5. The molecule has 5 nitrogen and oxygen atoms in total. The SMILES string of the molecule is COc1cnc(C(O)C2CC(C)=CC(C)C2)c(OC)n1. The van der Waals surface area contributed by atoms with Gasteiger partial charge >= 0.3 is 0 Å². The lowest BCUT2D eigenvalue weighted by atomic mass is 9.80. The number of rotatable bonds is 4. The van der Waals surface area contributed by atoms with Gasteiger partial charge in [0, 0.05) is 0 Å². The first kappa shape index (κ1) is 14.8. The van der Waals surface area contributed by atoms with E-state index in [1.54, 1.807) is 0 Å². The van der Waals surface area contributed by atoms with E-state index in [0.717, 1.165) is 12.8 Å². The summed E-state index contributed by atoms with van der Waals surface area (Å²) in [5.41, 5.74) is 1.80. The highest BCUT2D eigenvalue weighted by Gasteiger charge is 2.29. The predicted octanol–water partition coefficient (Wildman–Crippen LogP) is 2.52. The average Bonchev–Trinajstić information content (AvgIpc) is 2.44. The lowest BCUT2D eigenvalue weighted by Gasteiger charge is -2.29. The van der Waals surface area contributed by atoms with Crippen molar-refractivity contribution in [3.63, 3.8) is 0 Å². The van der Waals surface area contributed by atoms with Crippen LogP contribution in [0.5, 0.6) is 11.8 Å². The molecule has 0 spiro atoms. The summed E-state index contributed by atoms with van der Waals surface area (Å²) in [6.07, 6.45) is 4.92. The molecule has 0 saturated heterocycles. The first-order valence-electron chi connectivity index (χ1n) is 6.85. The first-order chi connectivity index (χ1) is 9.55. The van der Waals surface area contributed by atoms with Crippen molar-refractivity contribution in [1.29, 1.82) is 0 Å². The summed E-state index contributed by atoms with van der Waals surface area (Å²) < 4.78 is 10.3. The fourth-order valence-corrected chi connectivity index (χ4v) is 2.88. The topological polar surface area (TPSA) is 64.5 Å². The van der Waals surface area contributed by atoms with Crippen molar-refractivity contribution < 1.29 is 14.6 Å². The third-order valence-corrected chi connectivity index (χ3v) is 3.70. The lowest BCUT2D eigenvalue weighted by Crippen LogP contribution is -2.21. The van der Waals surface area contributed by atoms with Crippen LogP contribution in [0.1, 0.15) is 38.5 Å². The number of aromatic nitrogens is 2. The van der Waals surface area contributed by atoms with Gasteiger partial charge in [0.25, 0.3) is 0 Å². The van der Waals surface area contributed by atoms with Crippen LogP contribution in [-0.4, -0.2) is 29.3 Å². The molecule has 1 aliphatic carbocycles. The van der Waals surface area contributed by atoms with Gasteiger partial charge in [-0.05, 0) is 31.6 Å². The largest absolute Gasteiger partial charge is 0.480 e. The molecule has 3 unspecified atom stereocenters. The normalized spacial score (nSPS) is 23.9. The van der Waals surface area contributed by atoms with Crippen LogP contribution in [0.4, 0.5) is 0 Å². The molecule has 0 aliphatic heterocycles. The Labute approximate surface area is 119 Å². The minimum atomic E-state index is -0.672. The third-order valence-electron chi connectivity index (χ3n) is 3.70. The van der Waals surface area contributed by atoms with Gasteiger partial charge in [-0.1, -0.05) is 18.6 Å². The summed E-state index contributed by atoms with van der Waals surface area (Å²) in [5.74, 6) is 1.33. The summed E-state index contributed by atoms with van der Waals surface area (Å²) in [7, 11) is 3.05. The monoisotopic (exact) mass is 278 g/mol. The number of methoxy groups -OCH3 is 2. The standard InChI is InChI=1S/C15H22N2O3/c1-9-5-10(2)7-11(6-9)14(18)13-15(20-4)17-12(19-3)8-16-13/h5,8-9,11,14,18H,6-7H2,1-4H3. The van der Waals surface area contributed by atoms with Crippen molar-refractivity contribution >= 4 is 0 Å². The number of nitrogens with zero attached hydrogens (tertiary/aromatic N) is 2. The van der Waals surface area contributed by atoms with Crippen molar-refractivity contribution in [1.82, 2.24) is 9.97 Å². The van der Waals surface area contributed by atoms with E-state index in [1.807, 2.05) is 0 Å². The maximum absolute atomic E-state index is 10.6. The molecule has 20 heavy (non-hydrogen) atoms. The number of ether oxygens (including phenoxy) is 2. The van der Waals surface area contributed by atoms with Crippen LogP contribution in [0, 0.1) is 11.8 Å². The van der Waals surface area contributed by atoms with Crippen LogP contribution in [0.3, 0.4) is 0 Å². The average molecular weight is 278 g/mol. The second kappa shape index (κ2) is 6.22. The Morgan fingerprint density at radius 3 is 2.70 bits per heavy atom. The zero-order valence-corrected chi connectivity index (χ0v) is 12.5. The number of aliphatic hydroxyl groups excluding tert-OH is 1. The molecule has 1 aliphatic rings. The van der Waals surface area contributed by atoms with E-state index < -0.39 is 6.10 Å². The Bertz CT molecular complexity index is 502. The molecule has 0 aromatic carbocycles. The highest BCUT2D eigenvalue weighted by molar-refractivity contribution is 5.26. The van der Waals surface area contributed by atoms with E-state index in [4.69, 9.17) is 9.47 Å². The molecule has 0 radical (unpaired) electrons. The molecular formula is C15H22N2O3. The Balaban J connectivity index is 2.24. The molecule has 5 heteroatoms. The van der Waals surface area contributed by atoms with E-state index in [1.165, 1.54) is 26.0 Å². The molecule has 3 atom stereocenters. The van der Waals surface area contributed by atoms with Crippen LogP contribution in [0.15, 0.2) is 17.8 Å². The van der Waals surface area contributed by atoms with Crippen LogP contribution in [0.2, 0.25) is 0 Å². The van der Waals surface area contributed by atoms with Crippen molar-refractivity contribution in [2.45, 2.75) is 32.8 Å². The van der Waals surface area contributed by atoms with Gasteiger partial charge in [-0.2, -0.15) is 4.98 Å². The Morgan fingerprint density at radius 2 is 2.10 bits per heavy atom. The number of allylic oxidation sites excluding steroid dienone is 2. The molecule has 1 aromatic rings. The van der Waals surface area contributed by atoms with Crippen LogP contribution in [0.25, 0.3) is 0 Å². The minimum absolute atomic E-state index is 0.145. The summed E-state index contributed by atoms with van der Waals surface area (Å²) in [5, 5.41) is 10.6. The summed E-state index contributed by atoms with van der Waals surface area (Å²) in [4.78, 5) is 8.45. The Kier molecular flexibility index (Phi) is 4.60. The summed E-state index contributed by atoms with van der Waals surface area (Å²) in [6, 6.07) is 0. The van der Waals surface area contributed by atoms with E-state index in [-0.39, 0.29) is 5.92 Å². The second-order valence-corrected chi connectivity index (χ2v) is 5.44. The first-order valence-corrected chi connectivity index (χ1v) is 6.85. The fourth-order valence-electron chi connectivity index (χ4n) is 2.88. The van der Waals surface area contributed by atoms with Crippen molar-refractivity contribution in [3.8, 4) is 11.8 Å². The van der Waals surface area contributed by atoms with E-state index in [9.17, 15) is 5.11 Å². The fraction of sp³-hybridized carbons (Fsp3) is 0.600. The highest BCUT2D eigenvalue weighted by atomic mass is 16.5. The molecular weight excluding hydrogens is 256 g/mol. The van der Waals surface area contributed by atoms with Crippen molar-refractivity contribution in [2.75, 3.05) is 14.2 Å². The van der Waals surface area contributed by atoms with Gasteiger partial charge in [0.1, 0.15) is 11.8 Å². The molecule has 1 N–H and O–H groups in total. The van der Waals surface area contributed by atoms with Crippen molar-refractivity contribution in [2.24, 2.45) is 11.8 Å². The Morgan fingerprint density at radius 1 is 1.35 bits per heavy atom. The van der Waals surface area contributed by atoms with Crippen LogP contribution < -0.4 is 9.47 Å². The van der Waals surface area contributed by atoms with Gasteiger partial charge in [0.05, 0.1) is 20.4 Å². The maximum Gasteiger partial charge on any atom is 0.241 e. The van der Waals surface area contributed by atoms with E-state index >= 15 is 0 Å². The quantitative estimate of drug-likeness (QED) is 0.857. The molecule has 1 aromatic heterocycles. The van der Waals surface area contributed by atoms with E-state index in [2.05, 4.69) is 29.9 Å². The van der Waals surface area contributed by atoms with Gasteiger partial charge in [0.2, 0.25) is 11.8 Å². The molecule has 0 fully saturated rings. The van der Waals surface area contributed by atoms with Crippen molar-refractivity contribution in [3.05, 3.63) is 23.5 Å². The maximum atomic E-state index is 10.6. The van der Waals surface area contributed by atoms with Gasteiger partial charge < -0.3 is 14.6 Å². The predicted molar refractivity (Wildman–Crippen MR) is 75.7 cm³/mol. The third kappa shape index (κ3) is 3.10. The molecule has 0 bridgehead atoms. The summed E-state index contributed by atoms with van der Waals surface area (Å²) >= 11 is 0. The van der Waals surface area contributed by atoms with Gasteiger partial charge in [-0.3, -0.25) is 0 Å². The van der Waals surface area contributed by atoms with Crippen LogP contribution in [-0.2, 0) is 0 Å². The Hall–Kier alpha value is -1.62.